The zero-order valence-electron chi connectivity index (χ0n) is 9.00. The monoisotopic (exact) mass is 241 g/mol. The first-order chi connectivity index (χ1) is 8.04. The van der Waals surface area contributed by atoms with Gasteiger partial charge in [0.05, 0.1) is 5.69 Å². The van der Waals surface area contributed by atoms with Gasteiger partial charge < -0.3 is 16.2 Å². The van der Waals surface area contributed by atoms with Crippen molar-refractivity contribution in [3.8, 4) is 5.75 Å². The van der Waals surface area contributed by atoms with Crippen LogP contribution >= 0.6 is 0 Å². The van der Waals surface area contributed by atoms with Crippen LogP contribution in [0.5, 0.6) is 5.75 Å². The van der Waals surface area contributed by atoms with E-state index >= 15 is 0 Å². The molecule has 9 heteroatoms. The molecule has 1 rings (SSSR count). The second-order valence-electron chi connectivity index (χ2n) is 3.09. The highest BCUT2D eigenvalue weighted by atomic mass is 16.5. The van der Waals surface area contributed by atoms with Gasteiger partial charge in [-0.15, -0.1) is 5.10 Å². The van der Waals surface area contributed by atoms with E-state index < -0.39 is 0 Å². The summed E-state index contributed by atoms with van der Waals surface area (Å²) in [6.45, 7) is 0.0501. The maximum absolute atomic E-state index is 9.01. The summed E-state index contributed by atoms with van der Waals surface area (Å²) in [6.07, 6.45) is 0. The SMILES string of the molecule is NN/N=C(\N)COc1ccc(N(N)O)c(N)c1. The first kappa shape index (κ1) is 12.8. The molecule has 0 saturated carbocycles. The normalized spacial score (nSPS) is 11.1. The van der Waals surface area contributed by atoms with Gasteiger partial charge in [0.2, 0.25) is 0 Å². The molecule has 0 aromatic heterocycles. The van der Waals surface area contributed by atoms with Crippen molar-refractivity contribution in [3.05, 3.63) is 18.2 Å². The Morgan fingerprint density at radius 3 is 2.76 bits per heavy atom. The largest absolute Gasteiger partial charge is 0.486 e. The van der Waals surface area contributed by atoms with Gasteiger partial charge in [-0.3, -0.25) is 5.21 Å². The molecule has 0 radical (unpaired) electrons. The molecule has 1 aromatic rings. The fourth-order valence-corrected chi connectivity index (χ4v) is 1.10. The van der Waals surface area contributed by atoms with Crippen molar-refractivity contribution < 1.29 is 9.94 Å². The molecule has 0 aliphatic carbocycles. The van der Waals surface area contributed by atoms with Crippen LogP contribution in [0, 0.1) is 0 Å². The Morgan fingerprint density at radius 2 is 2.24 bits per heavy atom. The van der Waals surface area contributed by atoms with Crippen molar-refractivity contribution in [2.24, 2.45) is 22.5 Å². The molecule has 94 valence electrons. The lowest BCUT2D eigenvalue weighted by atomic mass is 10.2. The Kier molecular flexibility index (Phi) is 4.34. The number of amidine groups is 1. The summed E-state index contributed by atoms with van der Waals surface area (Å²) < 4.78 is 5.26. The van der Waals surface area contributed by atoms with E-state index in [-0.39, 0.29) is 23.8 Å². The van der Waals surface area contributed by atoms with E-state index in [0.29, 0.717) is 10.9 Å². The first-order valence-corrected chi connectivity index (χ1v) is 4.58. The first-order valence-electron chi connectivity index (χ1n) is 4.58. The Bertz CT molecular complexity index is 407. The number of hydrazine groups is 2. The van der Waals surface area contributed by atoms with Crippen molar-refractivity contribution in [2.45, 2.75) is 0 Å². The minimum atomic E-state index is 0.0501. The molecular formula is C8H15N7O2. The van der Waals surface area contributed by atoms with Crippen LogP contribution in [0.25, 0.3) is 0 Å². The summed E-state index contributed by atoms with van der Waals surface area (Å²) in [5.74, 6) is 10.7. The Hall–Kier alpha value is -2.23. The fourth-order valence-electron chi connectivity index (χ4n) is 1.10. The molecule has 17 heavy (non-hydrogen) atoms. The number of nitrogens with one attached hydrogen (secondary N) is 1. The molecule has 0 bridgehead atoms. The predicted molar refractivity (Wildman–Crippen MR) is 63.7 cm³/mol. The number of ether oxygens (including phenoxy) is 1. The van der Waals surface area contributed by atoms with Gasteiger partial charge in [-0.25, -0.2) is 17.2 Å². The maximum atomic E-state index is 9.01. The molecule has 0 amide bonds. The lowest BCUT2D eigenvalue weighted by Gasteiger charge is -2.13. The molecular weight excluding hydrogens is 226 g/mol. The molecule has 0 fully saturated rings. The standard InChI is InChI=1S/C8H15N7O2/c9-6-3-5(1-2-7(6)15(12)16)17-4-8(10)13-14-11/h1-3,14,16H,4,9,11-12H2,(H2,10,13). The highest BCUT2D eigenvalue weighted by Gasteiger charge is 2.05. The summed E-state index contributed by atoms with van der Waals surface area (Å²) in [6, 6.07) is 4.57. The highest BCUT2D eigenvalue weighted by molar-refractivity contribution is 5.81. The third kappa shape index (κ3) is 3.68. The van der Waals surface area contributed by atoms with E-state index in [1.165, 1.54) is 12.1 Å². The Balaban J connectivity index is 2.68. The zero-order chi connectivity index (χ0) is 12.8. The van der Waals surface area contributed by atoms with Crippen LogP contribution in [0.3, 0.4) is 0 Å². The number of benzene rings is 1. The van der Waals surface area contributed by atoms with Gasteiger partial charge in [-0.1, -0.05) is 0 Å². The van der Waals surface area contributed by atoms with Gasteiger partial charge in [-0.2, -0.15) is 5.17 Å². The molecule has 0 heterocycles. The van der Waals surface area contributed by atoms with Gasteiger partial charge in [0.25, 0.3) is 0 Å². The number of hydrazone groups is 1. The maximum Gasteiger partial charge on any atom is 0.159 e. The summed E-state index contributed by atoms with van der Waals surface area (Å²) in [7, 11) is 0. The van der Waals surface area contributed by atoms with E-state index in [1.807, 2.05) is 5.53 Å². The second-order valence-corrected chi connectivity index (χ2v) is 3.09. The molecule has 0 spiro atoms. The van der Waals surface area contributed by atoms with Gasteiger partial charge >= 0.3 is 0 Å². The van der Waals surface area contributed by atoms with Gasteiger partial charge in [-0.05, 0) is 12.1 Å². The van der Waals surface area contributed by atoms with Crippen molar-refractivity contribution >= 4 is 17.2 Å². The number of nitrogens with two attached hydrogens (primary N) is 4. The lowest BCUT2D eigenvalue weighted by molar-refractivity contribution is 0.258. The second kappa shape index (κ2) is 5.75. The number of nitrogens with zero attached hydrogens (tertiary/aromatic N) is 2. The van der Waals surface area contributed by atoms with E-state index in [9.17, 15) is 0 Å². The van der Waals surface area contributed by atoms with E-state index in [2.05, 4.69) is 5.10 Å². The molecule has 0 aliphatic heterocycles. The van der Waals surface area contributed by atoms with Crippen LogP contribution in [0.4, 0.5) is 11.4 Å². The summed E-state index contributed by atoms with van der Waals surface area (Å²) >= 11 is 0. The topological polar surface area (TPSA) is 161 Å². The van der Waals surface area contributed by atoms with Crippen LogP contribution < -0.4 is 38.6 Å². The molecule has 0 atom stereocenters. The predicted octanol–water partition coefficient (Wildman–Crippen LogP) is -1.55. The van der Waals surface area contributed by atoms with Crippen LogP contribution in [-0.4, -0.2) is 17.6 Å². The van der Waals surface area contributed by atoms with Crippen molar-refractivity contribution in [1.82, 2.24) is 5.53 Å². The number of rotatable bonds is 5. The average Bonchev–Trinajstić information content (AvgIpc) is 2.26. The quantitative estimate of drug-likeness (QED) is 0.119. The molecule has 0 aliphatic rings. The lowest BCUT2D eigenvalue weighted by Crippen LogP contribution is -2.27. The van der Waals surface area contributed by atoms with Crippen LogP contribution in [-0.2, 0) is 0 Å². The van der Waals surface area contributed by atoms with Gasteiger partial charge in [0, 0.05) is 6.07 Å². The van der Waals surface area contributed by atoms with Crippen molar-refractivity contribution in [1.29, 1.82) is 0 Å². The van der Waals surface area contributed by atoms with Crippen LogP contribution in [0.1, 0.15) is 0 Å². The van der Waals surface area contributed by atoms with Gasteiger partial charge in [0.15, 0.2) is 5.84 Å². The zero-order valence-corrected chi connectivity index (χ0v) is 9.00. The molecule has 10 N–H and O–H groups in total. The number of nitrogen functional groups attached to an aromatic ring is 1. The highest BCUT2D eigenvalue weighted by Crippen LogP contribution is 2.25. The molecule has 0 unspecified atom stereocenters. The summed E-state index contributed by atoms with van der Waals surface area (Å²) in [5, 5.41) is 12.9. The van der Waals surface area contributed by atoms with Crippen LogP contribution in [0.15, 0.2) is 23.3 Å². The van der Waals surface area contributed by atoms with Gasteiger partial charge in [0.1, 0.15) is 18.0 Å². The fraction of sp³-hybridized carbons (Fsp3) is 0.125. The summed E-state index contributed by atoms with van der Waals surface area (Å²) in [5.41, 5.74) is 13.6. The number of hydrogen-bond donors (Lipinski definition) is 6. The number of anilines is 2. The van der Waals surface area contributed by atoms with E-state index in [0.717, 1.165) is 0 Å². The molecule has 0 saturated heterocycles. The Labute approximate surface area is 97.5 Å². The number of hydrogen-bond acceptors (Lipinski definition) is 8. The third-order valence-corrected chi connectivity index (χ3v) is 1.84. The average molecular weight is 241 g/mol. The third-order valence-electron chi connectivity index (χ3n) is 1.84. The van der Waals surface area contributed by atoms with Crippen molar-refractivity contribution in [2.75, 3.05) is 17.5 Å². The minimum absolute atomic E-state index is 0.0501. The summed E-state index contributed by atoms with van der Waals surface area (Å²) in [4.78, 5) is 0. The minimum Gasteiger partial charge on any atom is -0.486 e. The smallest absolute Gasteiger partial charge is 0.159 e. The van der Waals surface area contributed by atoms with E-state index in [4.69, 9.17) is 33.1 Å². The molecule has 9 nitrogen and oxygen atoms in total. The van der Waals surface area contributed by atoms with E-state index in [1.54, 1.807) is 6.07 Å². The van der Waals surface area contributed by atoms with Crippen LogP contribution in [0.2, 0.25) is 0 Å². The Morgan fingerprint density at radius 1 is 1.53 bits per heavy atom. The molecule has 1 aromatic carbocycles. The van der Waals surface area contributed by atoms with Crippen molar-refractivity contribution in [3.63, 3.8) is 0 Å².